The maximum absolute atomic E-state index is 14.9. The Hall–Kier alpha value is -4.11. The van der Waals surface area contributed by atoms with Gasteiger partial charge in [-0.15, -0.1) is 0 Å². The number of benzene rings is 2. The van der Waals surface area contributed by atoms with Crippen molar-refractivity contribution in [1.82, 2.24) is 24.8 Å². The molecule has 0 saturated carbocycles. The number of ether oxygens (including phenoxy) is 1. The molecule has 9 nitrogen and oxygen atoms in total. The number of anilines is 2. The molecular formula is C33H34F5N7O2S. The third-order valence-corrected chi connectivity index (χ3v) is 10.9. The predicted octanol–water partition coefficient (Wildman–Crippen LogP) is 6.21. The number of rotatable bonds is 7. The van der Waals surface area contributed by atoms with Crippen molar-refractivity contribution in [3.63, 3.8) is 0 Å². The van der Waals surface area contributed by atoms with Crippen molar-refractivity contribution in [2.75, 3.05) is 43.9 Å². The lowest BCUT2D eigenvalue weighted by Gasteiger charge is -2.31. The maximum atomic E-state index is 14.9. The number of carbonyl (C=O) groups excluding carboxylic acids is 1. The molecule has 3 aliphatic heterocycles. The number of alkyl halides is 4. The van der Waals surface area contributed by atoms with Crippen LogP contribution >= 0.6 is 11.3 Å². The minimum absolute atomic E-state index is 0.0135. The van der Waals surface area contributed by atoms with Crippen molar-refractivity contribution in [2.24, 2.45) is 0 Å². The Kier molecular flexibility index (Phi) is 7.97. The van der Waals surface area contributed by atoms with E-state index in [1.54, 1.807) is 16.8 Å². The number of halogens is 5. The van der Waals surface area contributed by atoms with Crippen LogP contribution in [0.2, 0.25) is 0 Å². The third-order valence-electron chi connectivity index (χ3n) is 10.0. The van der Waals surface area contributed by atoms with Crippen LogP contribution in [-0.2, 0) is 11.0 Å². The van der Waals surface area contributed by atoms with E-state index < -0.39 is 29.3 Å². The molecule has 7 rings (SSSR count). The number of nitrogens with zero attached hydrogens (tertiary/aromatic N) is 6. The van der Waals surface area contributed by atoms with E-state index in [4.69, 9.17) is 10.5 Å². The van der Waals surface area contributed by atoms with E-state index in [0.29, 0.717) is 25.9 Å². The molecule has 48 heavy (non-hydrogen) atoms. The number of hydrogen-bond acceptors (Lipinski definition) is 9. The van der Waals surface area contributed by atoms with Crippen molar-refractivity contribution in [2.45, 2.75) is 62.6 Å². The SMILES string of the molecule is C=CC(=O)N1C[C@H](N(C)c2nc(OC[C@@]34CCCN3C[C@H](F)C4)nc3cc(-c4ccc(F)c5sc(N)nc45)c(C(F)(F)F)cc23)C[C@H]1C. The van der Waals surface area contributed by atoms with E-state index in [9.17, 15) is 26.7 Å². The standard InChI is InChI=1S/C33H34F5N7O2S/c1-4-26(46)45-15-19(10-17(45)2)43(3)29-22-11-23(33(36,37)38)21(20-6-7-24(35)28-27(20)41-30(39)48-28)12-25(22)40-31(42-29)47-16-32-8-5-9-44(32)14-18(34)13-32/h4,6-7,11-12,17-19H,1,5,8-10,13-16H2,2-3H3,(H2,39,41)/t17-,18-,19-,32+/m1/s1. The van der Waals surface area contributed by atoms with Gasteiger partial charge in [-0.2, -0.15) is 23.1 Å². The monoisotopic (exact) mass is 687 g/mol. The lowest BCUT2D eigenvalue weighted by molar-refractivity contribution is -0.137. The summed E-state index contributed by atoms with van der Waals surface area (Å²) in [5, 5.41) is 0.133. The molecule has 0 bridgehead atoms. The Morgan fingerprint density at radius 1 is 1.23 bits per heavy atom. The fourth-order valence-electron chi connectivity index (χ4n) is 7.67. The lowest BCUT2D eigenvalue weighted by atomic mass is 9.95. The van der Waals surface area contributed by atoms with Crippen LogP contribution in [0.3, 0.4) is 0 Å². The number of likely N-dealkylation sites (N-methyl/N-ethyl adjacent to an activating group) is 1. The van der Waals surface area contributed by atoms with Crippen LogP contribution in [0.25, 0.3) is 32.2 Å². The van der Waals surface area contributed by atoms with Crippen molar-refractivity contribution < 1.29 is 31.5 Å². The molecule has 3 fully saturated rings. The highest BCUT2D eigenvalue weighted by Crippen LogP contribution is 2.45. The molecule has 0 aliphatic carbocycles. The summed E-state index contributed by atoms with van der Waals surface area (Å²) in [5.74, 6) is -0.693. The molecule has 3 aliphatic rings. The van der Waals surface area contributed by atoms with Crippen LogP contribution in [0.5, 0.6) is 6.01 Å². The van der Waals surface area contributed by atoms with Gasteiger partial charge in [-0.3, -0.25) is 9.69 Å². The molecular weight excluding hydrogens is 653 g/mol. The highest BCUT2D eigenvalue weighted by atomic mass is 32.1. The number of amides is 1. The first-order chi connectivity index (χ1) is 22.8. The largest absolute Gasteiger partial charge is 0.461 e. The molecule has 3 saturated heterocycles. The van der Waals surface area contributed by atoms with Gasteiger partial charge in [0.05, 0.1) is 26.8 Å². The van der Waals surface area contributed by atoms with Gasteiger partial charge in [0, 0.05) is 49.6 Å². The van der Waals surface area contributed by atoms with Gasteiger partial charge in [-0.1, -0.05) is 17.9 Å². The number of thiazole rings is 1. The molecule has 1 amide bonds. The number of hydrogen-bond donors (Lipinski definition) is 1. The van der Waals surface area contributed by atoms with Crippen LogP contribution in [0, 0.1) is 5.82 Å². The first kappa shape index (κ1) is 32.4. The Morgan fingerprint density at radius 3 is 2.77 bits per heavy atom. The molecule has 0 radical (unpaired) electrons. The molecule has 4 aromatic rings. The number of carbonyl (C=O) groups is 1. The van der Waals surface area contributed by atoms with Crippen molar-refractivity contribution in [3.8, 4) is 17.1 Å². The van der Waals surface area contributed by atoms with Gasteiger partial charge < -0.3 is 20.3 Å². The molecule has 15 heteroatoms. The van der Waals surface area contributed by atoms with E-state index >= 15 is 0 Å². The normalized spacial score (nSPS) is 24.5. The van der Waals surface area contributed by atoms with Gasteiger partial charge in [0.1, 0.15) is 24.4 Å². The molecule has 2 N–H and O–H groups in total. The average Bonchev–Trinajstić information content (AvgIpc) is 3.80. The highest BCUT2D eigenvalue weighted by molar-refractivity contribution is 7.22. The van der Waals surface area contributed by atoms with Crippen molar-refractivity contribution in [1.29, 1.82) is 0 Å². The van der Waals surface area contributed by atoms with Crippen LogP contribution in [0.15, 0.2) is 36.9 Å². The number of nitrogens with two attached hydrogens (primary N) is 1. The smallest absolute Gasteiger partial charge is 0.417 e. The third kappa shape index (κ3) is 5.50. The summed E-state index contributed by atoms with van der Waals surface area (Å²) >= 11 is 0.850. The lowest BCUT2D eigenvalue weighted by Crippen LogP contribution is -2.43. The van der Waals surface area contributed by atoms with Gasteiger partial charge in [0.25, 0.3) is 0 Å². The fraction of sp³-hybridized carbons (Fsp3) is 0.455. The first-order valence-corrected chi connectivity index (χ1v) is 16.6. The van der Waals surface area contributed by atoms with Gasteiger partial charge in [-0.05, 0) is 68.6 Å². The topological polar surface area (TPSA) is 101 Å². The van der Waals surface area contributed by atoms with E-state index in [1.807, 2.05) is 6.92 Å². The Labute approximate surface area is 277 Å². The molecule has 2 aromatic carbocycles. The van der Waals surface area contributed by atoms with Crippen LogP contribution in [0.4, 0.5) is 32.9 Å². The van der Waals surface area contributed by atoms with Crippen LogP contribution < -0.4 is 15.4 Å². The first-order valence-electron chi connectivity index (χ1n) is 15.7. The second-order valence-electron chi connectivity index (χ2n) is 13.0. The fourth-order valence-corrected chi connectivity index (χ4v) is 8.43. The van der Waals surface area contributed by atoms with Crippen molar-refractivity contribution >= 4 is 49.3 Å². The summed E-state index contributed by atoms with van der Waals surface area (Å²) in [6.07, 6.45) is -2.05. The maximum Gasteiger partial charge on any atom is 0.417 e. The Balaban J connectivity index is 1.38. The number of fused-ring (bicyclic) bond motifs is 3. The zero-order valence-electron chi connectivity index (χ0n) is 26.4. The average molecular weight is 688 g/mol. The molecule has 5 heterocycles. The summed E-state index contributed by atoms with van der Waals surface area (Å²) in [5.41, 5.74) is 4.33. The van der Waals surface area contributed by atoms with Gasteiger partial charge in [-0.25, -0.2) is 13.8 Å². The van der Waals surface area contributed by atoms with E-state index in [-0.39, 0.29) is 73.8 Å². The van der Waals surface area contributed by atoms with Crippen molar-refractivity contribution in [3.05, 3.63) is 48.3 Å². The number of nitrogen functional groups attached to an aromatic ring is 1. The summed E-state index contributed by atoms with van der Waals surface area (Å²) in [7, 11) is 1.72. The zero-order valence-corrected chi connectivity index (χ0v) is 27.2. The summed E-state index contributed by atoms with van der Waals surface area (Å²) < 4.78 is 80.0. The van der Waals surface area contributed by atoms with Gasteiger partial charge >= 0.3 is 12.2 Å². The second-order valence-corrected chi connectivity index (χ2v) is 14.0. The van der Waals surface area contributed by atoms with Crippen LogP contribution in [0.1, 0.15) is 38.2 Å². The predicted molar refractivity (Wildman–Crippen MR) is 174 cm³/mol. The minimum atomic E-state index is -4.82. The zero-order chi connectivity index (χ0) is 34.1. The summed E-state index contributed by atoms with van der Waals surface area (Å²) in [6.45, 7) is 7.00. The minimum Gasteiger partial charge on any atom is -0.461 e. The van der Waals surface area contributed by atoms with Gasteiger partial charge in [0.15, 0.2) is 5.13 Å². The quantitative estimate of drug-likeness (QED) is 0.181. The van der Waals surface area contributed by atoms with E-state index in [1.165, 1.54) is 18.2 Å². The molecule has 4 atom stereocenters. The Morgan fingerprint density at radius 2 is 2.02 bits per heavy atom. The molecule has 254 valence electrons. The van der Waals surface area contributed by atoms with E-state index in [2.05, 4.69) is 26.4 Å². The highest BCUT2D eigenvalue weighted by Gasteiger charge is 2.49. The van der Waals surface area contributed by atoms with Gasteiger partial charge in [0.2, 0.25) is 5.91 Å². The van der Waals surface area contributed by atoms with Crippen LogP contribution in [-0.4, -0.2) is 87.7 Å². The second kappa shape index (κ2) is 11.8. The Bertz CT molecular complexity index is 1940. The summed E-state index contributed by atoms with van der Waals surface area (Å²) in [4.78, 5) is 31.4. The molecule has 0 spiro atoms. The molecule has 0 unspecified atom stereocenters. The number of likely N-dealkylation sites (tertiary alicyclic amines) is 1. The summed E-state index contributed by atoms with van der Waals surface area (Å²) in [6, 6.07) is 4.15. The number of aromatic nitrogens is 3. The van der Waals surface area contributed by atoms with E-state index in [0.717, 1.165) is 42.9 Å². The molecule has 2 aromatic heterocycles.